The molecular weight excluding hydrogens is 342 g/mol. The van der Waals surface area contributed by atoms with Crippen LogP contribution in [0.1, 0.15) is 12.8 Å². The summed E-state index contributed by atoms with van der Waals surface area (Å²) in [6, 6.07) is 7.67. The first-order valence-corrected chi connectivity index (χ1v) is 9.40. The minimum atomic E-state index is -2.83. The SMILES string of the molecule is NCC(CCOc1ccc(Br)cc1)C1CCS(=O)(=O)C1. The average Bonchev–Trinajstić information content (AvgIpc) is 2.77. The van der Waals surface area contributed by atoms with E-state index >= 15 is 0 Å². The number of sulfone groups is 1. The molecule has 0 radical (unpaired) electrons. The van der Waals surface area contributed by atoms with E-state index in [-0.39, 0.29) is 17.6 Å². The number of benzene rings is 1. The highest BCUT2D eigenvalue weighted by Gasteiger charge is 2.32. The van der Waals surface area contributed by atoms with E-state index in [1.54, 1.807) is 0 Å². The molecule has 2 rings (SSSR count). The Hall–Kier alpha value is -0.590. The van der Waals surface area contributed by atoms with Gasteiger partial charge in [0.05, 0.1) is 18.1 Å². The predicted molar refractivity (Wildman–Crippen MR) is 83.6 cm³/mol. The molecule has 1 aromatic carbocycles. The van der Waals surface area contributed by atoms with Crippen LogP contribution in [-0.2, 0) is 9.84 Å². The molecule has 1 saturated heterocycles. The molecule has 0 bridgehead atoms. The van der Waals surface area contributed by atoms with E-state index in [4.69, 9.17) is 10.5 Å². The highest BCUT2D eigenvalue weighted by Crippen LogP contribution is 2.28. The second-order valence-electron chi connectivity index (χ2n) is 5.25. The Morgan fingerprint density at radius 1 is 1.35 bits per heavy atom. The Balaban J connectivity index is 1.81. The third kappa shape index (κ3) is 4.46. The van der Waals surface area contributed by atoms with Gasteiger partial charge in [0.15, 0.2) is 9.84 Å². The number of nitrogens with two attached hydrogens (primary N) is 1. The summed E-state index contributed by atoms with van der Waals surface area (Å²) in [5, 5.41) is 0. The van der Waals surface area contributed by atoms with Crippen molar-refractivity contribution in [2.45, 2.75) is 12.8 Å². The molecule has 2 atom stereocenters. The molecule has 1 aliphatic heterocycles. The third-order valence-corrected chi connectivity index (χ3v) is 6.13. The molecule has 2 unspecified atom stereocenters. The van der Waals surface area contributed by atoms with Crippen molar-refractivity contribution in [2.24, 2.45) is 17.6 Å². The molecule has 2 N–H and O–H groups in total. The van der Waals surface area contributed by atoms with Crippen LogP contribution in [0.3, 0.4) is 0 Å². The van der Waals surface area contributed by atoms with Crippen LogP contribution in [0.2, 0.25) is 0 Å². The molecule has 1 fully saturated rings. The maximum absolute atomic E-state index is 11.5. The lowest BCUT2D eigenvalue weighted by Crippen LogP contribution is -2.26. The molecule has 4 nitrogen and oxygen atoms in total. The van der Waals surface area contributed by atoms with Crippen molar-refractivity contribution in [1.29, 1.82) is 0 Å². The third-order valence-electron chi connectivity index (χ3n) is 3.81. The normalized spacial score (nSPS) is 22.6. The standard InChI is InChI=1S/C14H20BrNO3S/c15-13-1-3-14(4-2-13)19-7-5-11(9-16)12-6-8-20(17,18)10-12/h1-4,11-12H,5-10,16H2. The highest BCUT2D eigenvalue weighted by molar-refractivity contribution is 9.10. The molecule has 0 spiro atoms. The molecule has 1 heterocycles. The first-order chi connectivity index (χ1) is 9.50. The lowest BCUT2D eigenvalue weighted by Gasteiger charge is -2.20. The average molecular weight is 362 g/mol. The van der Waals surface area contributed by atoms with E-state index in [0.29, 0.717) is 18.9 Å². The maximum atomic E-state index is 11.5. The molecule has 112 valence electrons. The van der Waals surface area contributed by atoms with Gasteiger partial charge in [-0.2, -0.15) is 0 Å². The van der Waals surface area contributed by atoms with Gasteiger partial charge in [0, 0.05) is 4.47 Å². The quantitative estimate of drug-likeness (QED) is 0.843. The van der Waals surface area contributed by atoms with Crippen LogP contribution in [0.5, 0.6) is 5.75 Å². The maximum Gasteiger partial charge on any atom is 0.150 e. The van der Waals surface area contributed by atoms with Crippen LogP contribution < -0.4 is 10.5 Å². The number of ether oxygens (including phenoxy) is 1. The van der Waals surface area contributed by atoms with Crippen LogP contribution in [0, 0.1) is 11.8 Å². The monoisotopic (exact) mass is 361 g/mol. The van der Waals surface area contributed by atoms with Gasteiger partial charge in [-0.05, 0) is 55.5 Å². The fourth-order valence-electron chi connectivity index (χ4n) is 2.60. The van der Waals surface area contributed by atoms with Crippen LogP contribution in [0.15, 0.2) is 28.7 Å². The van der Waals surface area contributed by atoms with Gasteiger partial charge in [-0.3, -0.25) is 0 Å². The lowest BCUT2D eigenvalue weighted by atomic mass is 9.89. The van der Waals surface area contributed by atoms with E-state index in [0.717, 1.165) is 23.1 Å². The van der Waals surface area contributed by atoms with Gasteiger partial charge in [-0.1, -0.05) is 15.9 Å². The minimum Gasteiger partial charge on any atom is -0.494 e. The summed E-state index contributed by atoms with van der Waals surface area (Å²) in [6.45, 7) is 1.09. The fourth-order valence-corrected chi connectivity index (χ4v) is 4.78. The summed E-state index contributed by atoms with van der Waals surface area (Å²) < 4.78 is 29.7. The number of hydrogen-bond acceptors (Lipinski definition) is 4. The summed E-state index contributed by atoms with van der Waals surface area (Å²) in [4.78, 5) is 0. The van der Waals surface area contributed by atoms with E-state index < -0.39 is 9.84 Å². The summed E-state index contributed by atoms with van der Waals surface area (Å²) >= 11 is 3.37. The number of rotatable bonds is 6. The van der Waals surface area contributed by atoms with E-state index in [2.05, 4.69) is 15.9 Å². The zero-order chi connectivity index (χ0) is 14.6. The first-order valence-electron chi connectivity index (χ1n) is 6.79. The van der Waals surface area contributed by atoms with Crippen molar-refractivity contribution in [3.63, 3.8) is 0 Å². The second-order valence-corrected chi connectivity index (χ2v) is 8.39. The smallest absolute Gasteiger partial charge is 0.150 e. The largest absolute Gasteiger partial charge is 0.494 e. The van der Waals surface area contributed by atoms with Crippen LogP contribution in [0.25, 0.3) is 0 Å². The van der Waals surface area contributed by atoms with Gasteiger partial charge in [-0.25, -0.2) is 8.42 Å². The van der Waals surface area contributed by atoms with Crippen molar-refractivity contribution in [1.82, 2.24) is 0 Å². The van der Waals surface area contributed by atoms with E-state index in [9.17, 15) is 8.42 Å². The molecule has 6 heteroatoms. The summed E-state index contributed by atoms with van der Waals surface area (Å²) in [5.74, 6) is 1.83. The highest BCUT2D eigenvalue weighted by atomic mass is 79.9. The summed E-state index contributed by atoms with van der Waals surface area (Å²) in [6.07, 6.45) is 1.54. The Bertz CT molecular complexity index is 530. The van der Waals surface area contributed by atoms with Gasteiger partial charge in [0.2, 0.25) is 0 Å². The van der Waals surface area contributed by atoms with Gasteiger partial charge >= 0.3 is 0 Å². The molecule has 1 aliphatic rings. The number of hydrogen-bond donors (Lipinski definition) is 1. The molecule has 20 heavy (non-hydrogen) atoms. The Morgan fingerprint density at radius 3 is 2.60 bits per heavy atom. The zero-order valence-corrected chi connectivity index (χ0v) is 13.7. The van der Waals surface area contributed by atoms with Gasteiger partial charge in [0.25, 0.3) is 0 Å². The Labute approximate surface area is 128 Å². The van der Waals surface area contributed by atoms with Crippen molar-refractivity contribution in [2.75, 3.05) is 24.7 Å². The van der Waals surface area contributed by atoms with Crippen LogP contribution in [0.4, 0.5) is 0 Å². The Kier molecular flexibility index (Phi) is 5.46. The Morgan fingerprint density at radius 2 is 2.05 bits per heavy atom. The van der Waals surface area contributed by atoms with Crippen LogP contribution in [-0.4, -0.2) is 33.1 Å². The second kappa shape index (κ2) is 6.91. The van der Waals surface area contributed by atoms with Crippen molar-refractivity contribution >= 4 is 25.8 Å². The molecular formula is C14H20BrNO3S. The summed E-state index contributed by atoms with van der Waals surface area (Å²) in [5.41, 5.74) is 5.78. The van der Waals surface area contributed by atoms with E-state index in [1.807, 2.05) is 24.3 Å². The predicted octanol–water partition coefficient (Wildman–Crippen LogP) is 2.23. The topological polar surface area (TPSA) is 69.4 Å². The number of halogens is 1. The molecule has 0 saturated carbocycles. The molecule has 1 aromatic rings. The zero-order valence-electron chi connectivity index (χ0n) is 11.3. The molecule has 0 amide bonds. The van der Waals surface area contributed by atoms with Gasteiger partial charge < -0.3 is 10.5 Å². The lowest BCUT2D eigenvalue weighted by molar-refractivity contribution is 0.247. The minimum absolute atomic E-state index is 0.193. The molecule has 0 aromatic heterocycles. The van der Waals surface area contributed by atoms with E-state index in [1.165, 1.54) is 0 Å². The van der Waals surface area contributed by atoms with Crippen molar-refractivity contribution in [3.8, 4) is 5.75 Å². The van der Waals surface area contributed by atoms with Crippen LogP contribution >= 0.6 is 15.9 Å². The van der Waals surface area contributed by atoms with Crippen molar-refractivity contribution < 1.29 is 13.2 Å². The first kappa shape index (κ1) is 15.8. The van der Waals surface area contributed by atoms with Gasteiger partial charge in [-0.15, -0.1) is 0 Å². The fraction of sp³-hybridized carbons (Fsp3) is 0.571. The molecule has 0 aliphatic carbocycles. The van der Waals surface area contributed by atoms with Gasteiger partial charge in [0.1, 0.15) is 5.75 Å². The van der Waals surface area contributed by atoms with Crippen molar-refractivity contribution in [3.05, 3.63) is 28.7 Å². The summed E-state index contributed by atoms with van der Waals surface area (Å²) in [7, 11) is -2.83.